The zero-order valence-electron chi connectivity index (χ0n) is 14.6. The summed E-state index contributed by atoms with van der Waals surface area (Å²) in [4.78, 5) is 5.84. The van der Waals surface area contributed by atoms with Crippen LogP contribution in [0.15, 0.2) is 51.6 Å². The molecule has 7 heteroatoms. The molecular formula is C20H18BrN3O2S. The molecule has 5 nitrogen and oxygen atoms in total. The highest BCUT2D eigenvalue weighted by Crippen LogP contribution is 2.34. The van der Waals surface area contributed by atoms with Crippen molar-refractivity contribution < 1.29 is 9.15 Å². The summed E-state index contributed by atoms with van der Waals surface area (Å²) in [5.41, 5.74) is 3.32. The Labute approximate surface area is 169 Å². The minimum absolute atomic E-state index is 0.599. The van der Waals surface area contributed by atoms with Gasteiger partial charge in [0, 0.05) is 23.2 Å². The van der Waals surface area contributed by atoms with Crippen molar-refractivity contribution in [3.8, 4) is 22.0 Å². The van der Waals surface area contributed by atoms with E-state index in [2.05, 4.69) is 40.2 Å². The lowest BCUT2D eigenvalue weighted by atomic mass is 9.93. The van der Waals surface area contributed by atoms with Crippen molar-refractivity contribution in [3.63, 3.8) is 0 Å². The molecule has 0 N–H and O–H groups in total. The summed E-state index contributed by atoms with van der Waals surface area (Å²) >= 11 is 5.08. The third-order valence-electron chi connectivity index (χ3n) is 4.97. The monoisotopic (exact) mass is 443 g/mol. The SMILES string of the molecule is Brc1ccc(-c2nc3sc(-c4ccco4)nn3c2CC2CCOCC2)cc1. The molecule has 0 aliphatic carbocycles. The highest BCUT2D eigenvalue weighted by Gasteiger charge is 2.23. The highest BCUT2D eigenvalue weighted by molar-refractivity contribution is 9.10. The number of hydrogen-bond donors (Lipinski definition) is 0. The second kappa shape index (κ2) is 7.22. The summed E-state index contributed by atoms with van der Waals surface area (Å²) < 4.78 is 14.1. The normalized spacial score (nSPS) is 15.6. The highest BCUT2D eigenvalue weighted by atomic mass is 79.9. The number of halogens is 1. The zero-order chi connectivity index (χ0) is 18.2. The number of hydrogen-bond acceptors (Lipinski definition) is 5. The fourth-order valence-corrected chi connectivity index (χ4v) is 4.69. The first-order valence-corrected chi connectivity index (χ1v) is 10.6. The van der Waals surface area contributed by atoms with Gasteiger partial charge in [0.05, 0.1) is 17.7 Å². The van der Waals surface area contributed by atoms with Gasteiger partial charge in [0.2, 0.25) is 4.96 Å². The Kier molecular flexibility index (Phi) is 4.59. The Bertz CT molecular complexity index is 1050. The molecule has 138 valence electrons. The van der Waals surface area contributed by atoms with Crippen LogP contribution >= 0.6 is 27.3 Å². The van der Waals surface area contributed by atoms with Crippen LogP contribution in [0.25, 0.3) is 27.0 Å². The molecule has 5 rings (SSSR count). The van der Waals surface area contributed by atoms with E-state index in [4.69, 9.17) is 19.2 Å². The average molecular weight is 444 g/mol. The summed E-state index contributed by atoms with van der Waals surface area (Å²) in [5.74, 6) is 1.38. The van der Waals surface area contributed by atoms with Crippen LogP contribution in [0.1, 0.15) is 18.5 Å². The molecule has 1 aromatic carbocycles. The number of furan rings is 1. The molecule has 0 atom stereocenters. The number of rotatable bonds is 4. The van der Waals surface area contributed by atoms with E-state index in [9.17, 15) is 0 Å². The van der Waals surface area contributed by atoms with Crippen LogP contribution in [0.3, 0.4) is 0 Å². The summed E-state index contributed by atoms with van der Waals surface area (Å²) in [6.45, 7) is 1.68. The molecule has 1 fully saturated rings. The van der Waals surface area contributed by atoms with Crippen LogP contribution in [0, 0.1) is 5.92 Å². The van der Waals surface area contributed by atoms with Crippen molar-refractivity contribution in [3.05, 3.63) is 52.8 Å². The Hall–Kier alpha value is -1.96. The number of aromatic nitrogens is 3. The molecular weight excluding hydrogens is 426 g/mol. The van der Waals surface area contributed by atoms with Crippen molar-refractivity contribution in [2.75, 3.05) is 13.2 Å². The van der Waals surface area contributed by atoms with Gasteiger partial charge in [0.1, 0.15) is 0 Å². The third-order valence-corrected chi connectivity index (χ3v) is 6.42. The smallest absolute Gasteiger partial charge is 0.213 e. The summed E-state index contributed by atoms with van der Waals surface area (Å²) in [6.07, 6.45) is 4.80. The first kappa shape index (κ1) is 17.2. The van der Waals surface area contributed by atoms with Crippen LogP contribution in [0.2, 0.25) is 0 Å². The van der Waals surface area contributed by atoms with Gasteiger partial charge < -0.3 is 9.15 Å². The van der Waals surface area contributed by atoms with Gasteiger partial charge in [-0.2, -0.15) is 5.10 Å². The van der Waals surface area contributed by atoms with Crippen LogP contribution in [-0.4, -0.2) is 27.8 Å². The fourth-order valence-electron chi connectivity index (χ4n) is 3.54. The molecule has 1 aliphatic rings. The van der Waals surface area contributed by atoms with E-state index in [0.29, 0.717) is 5.92 Å². The van der Waals surface area contributed by atoms with Gasteiger partial charge in [-0.15, -0.1) is 0 Å². The maximum atomic E-state index is 5.53. The summed E-state index contributed by atoms with van der Waals surface area (Å²) in [7, 11) is 0. The van der Waals surface area contributed by atoms with Crippen LogP contribution in [-0.2, 0) is 11.2 Å². The van der Waals surface area contributed by atoms with Crippen molar-refractivity contribution >= 4 is 32.2 Å². The van der Waals surface area contributed by atoms with Crippen molar-refractivity contribution in [2.24, 2.45) is 5.92 Å². The van der Waals surface area contributed by atoms with E-state index < -0.39 is 0 Å². The molecule has 0 bridgehead atoms. The number of benzene rings is 1. The molecule has 3 aromatic heterocycles. The lowest BCUT2D eigenvalue weighted by Crippen LogP contribution is -2.18. The van der Waals surface area contributed by atoms with E-state index >= 15 is 0 Å². The Morgan fingerprint density at radius 3 is 2.70 bits per heavy atom. The molecule has 0 radical (unpaired) electrons. The molecule has 1 saturated heterocycles. The van der Waals surface area contributed by atoms with E-state index in [1.54, 1.807) is 17.6 Å². The van der Waals surface area contributed by atoms with Gasteiger partial charge in [-0.3, -0.25) is 0 Å². The number of fused-ring (bicyclic) bond motifs is 1. The molecule has 0 spiro atoms. The second-order valence-electron chi connectivity index (χ2n) is 6.75. The minimum Gasteiger partial charge on any atom is -0.462 e. The van der Waals surface area contributed by atoms with Crippen molar-refractivity contribution in [1.29, 1.82) is 0 Å². The largest absolute Gasteiger partial charge is 0.462 e. The number of nitrogens with zero attached hydrogens (tertiary/aromatic N) is 3. The first-order valence-electron chi connectivity index (χ1n) is 9.04. The average Bonchev–Trinajstić information content (AvgIpc) is 3.41. The standard InChI is InChI=1S/C20H18BrN3O2S/c21-15-5-3-14(4-6-15)18-16(12-13-7-10-25-11-8-13)24-20(22-18)27-19(23-24)17-2-1-9-26-17/h1-6,9,13H,7-8,10-12H2. The van der Waals surface area contributed by atoms with Crippen molar-refractivity contribution in [2.45, 2.75) is 19.3 Å². The van der Waals surface area contributed by atoms with Gasteiger partial charge in [-0.25, -0.2) is 9.50 Å². The van der Waals surface area contributed by atoms with Gasteiger partial charge >= 0.3 is 0 Å². The Morgan fingerprint density at radius 2 is 1.96 bits per heavy atom. The molecule has 0 amide bonds. The van der Waals surface area contributed by atoms with Gasteiger partial charge in [0.15, 0.2) is 10.8 Å². The molecule has 0 unspecified atom stereocenters. The van der Waals surface area contributed by atoms with Crippen LogP contribution in [0.5, 0.6) is 0 Å². The third kappa shape index (κ3) is 3.35. The van der Waals surface area contributed by atoms with Crippen LogP contribution < -0.4 is 0 Å². The lowest BCUT2D eigenvalue weighted by Gasteiger charge is -2.21. The van der Waals surface area contributed by atoms with E-state index in [1.165, 1.54) is 5.69 Å². The zero-order valence-corrected chi connectivity index (χ0v) is 17.0. The van der Waals surface area contributed by atoms with E-state index in [-0.39, 0.29) is 0 Å². The lowest BCUT2D eigenvalue weighted by molar-refractivity contribution is 0.0662. The maximum Gasteiger partial charge on any atom is 0.213 e. The molecule has 4 heterocycles. The van der Waals surface area contributed by atoms with Crippen molar-refractivity contribution in [1.82, 2.24) is 14.6 Å². The maximum absolute atomic E-state index is 5.53. The van der Waals surface area contributed by atoms with Crippen LogP contribution in [0.4, 0.5) is 0 Å². The van der Waals surface area contributed by atoms with Gasteiger partial charge in [-0.1, -0.05) is 39.4 Å². The number of ether oxygens (including phenoxy) is 1. The first-order chi connectivity index (χ1) is 13.3. The Morgan fingerprint density at radius 1 is 1.15 bits per heavy atom. The fraction of sp³-hybridized carbons (Fsp3) is 0.300. The van der Waals surface area contributed by atoms with Gasteiger partial charge in [0.25, 0.3) is 0 Å². The molecule has 27 heavy (non-hydrogen) atoms. The summed E-state index contributed by atoms with van der Waals surface area (Å²) in [6, 6.07) is 12.2. The molecule has 1 aliphatic heterocycles. The van der Waals surface area contributed by atoms with Gasteiger partial charge in [-0.05, 0) is 49.4 Å². The second-order valence-corrected chi connectivity index (χ2v) is 8.62. The molecule has 4 aromatic rings. The predicted molar refractivity (Wildman–Crippen MR) is 109 cm³/mol. The van der Waals surface area contributed by atoms with E-state index in [1.807, 2.05) is 16.6 Å². The Balaban J connectivity index is 1.60. The molecule has 0 saturated carbocycles. The van der Waals surface area contributed by atoms with E-state index in [0.717, 1.165) is 63.9 Å². The predicted octanol–water partition coefficient (Wildman–Crippen LogP) is 5.45. The quantitative estimate of drug-likeness (QED) is 0.420. The minimum atomic E-state index is 0.599. The topological polar surface area (TPSA) is 52.6 Å². The summed E-state index contributed by atoms with van der Waals surface area (Å²) in [5, 5.41) is 5.68. The number of imidazole rings is 1.